The lowest BCUT2D eigenvalue weighted by molar-refractivity contribution is 0.0247. The maximum Gasteiger partial charge on any atom is 0.277 e. The van der Waals surface area contributed by atoms with Crippen LogP contribution in [0.15, 0.2) is 24.7 Å². The number of carbonyl (C=O) groups is 1. The van der Waals surface area contributed by atoms with Crippen LogP contribution in [0.1, 0.15) is 35.1 Å². The maximum atomic E-state index is 14.0. The average Bonchev–Trinajstić information content (AvgIpc) is 3.25. The zero-order chi connectivity index (χ0) is 22.1. The molecule has 0 spiro atoms. The number of nitrogens with zero attached hydrogens (tertiary/aromatic N) is 4. The Morgan fingerprint density at radius 2 is 2.19 bits per heavy atom. The summed E-state index contributed by atoms with van der Waals surface area (Å²) in [5, 5.41) is 7.34. The first-order valence-corrected chi connectivity index (χ1v) is 10.4. The fraction of sp³-hybridized carbons (Fsp3) is 0.368. The Balaban J connectivity index is 1.57. The number of aryl methyl sites for hydroxylation is 1. The standard InChI is InChI=1S/C19H21F2N7O2S/c1-28-16(14-3-2-12(22)11(21)8-30-14)13(7-25-28)26-18(29)15-17(23)31-19(27-15)9-4-5-24-6-10(9)20/h4-7,11-12,14H,2-3,8,22-23H2,1H3,(H,26,29)/t11-,12+,14-/m0/s1. The first kappa shape index (κ1) is 21.3. The highest BCUT2D eigenvalue weighted by atomic mass is 32.1. The minimum atomic E-state index is -1.25. The number of hydrogen-bond acceptors (Lipinski definition) is 8. The zero-order valence-electron chi connectivity index (χ0n) is 16.6. The second kappa shape index (κ2) is 8.65. The third-order valence-electron chi connectivity index (χ3n) is 5.09. The number of ether oxygens (including phenoxy) is 1. The van der Waals surface area contributed by atoms with Gasteiger partial charge in [0, 0.05) is 24.8 Å². The van der Waals surface area contributed by atoms with Gasteiger partial charge in [0.2, 0.25) is 0 Å². The van der Waals surface area contributed by atoms with E-state index in [-0.39, 0.29) is 27.9 Å². The summed E-state index contributed by atoms with van der Waals surface area (Å²) in [5.74, 6) is -1.13. The van der Waals surface area contributed by atoms with Crippen molar-refractivity contribution in [2.24, 2.45) is 12.8 Å². The van der Waals surface area contributed by atoms with E-state index < -0.39 is 30.0 Å². The number of aromatic nitrogens is 4. The van der Waals surface area contributed by atoms with Crippen molar-refractivity contribution in [1.29, 1.82) is 0 Å². The molecule has 1 aliphatic heterocycles. The molecule has 0 aliphatic carbocycles. The fourth-order valence-corrected chi connectivity index (χ4v) is 4.28. The molecule has 164 valence electrons. The largest absolute Gasteiger partial charge is 0.389 e. The van der Waals surface area contributed by atoms with Gasteiger partial charge in [0.25, 0.3) is 5.91 Å². The molecule has 4 rings (SSSR count). The van der Waals surface area contributed by atoms with Gasteiger partial charge in [-0.15, -0.1) is 0 Å². The minimum Gasteiger partial charge on any atom is -0.389 e. The molecule has 31 heavy (non-hydrogen) atoms. The highest BCUT2D eigenvalue weighted by molar-refractivity contribution is 7.19. The van der Waals surface area contributed by atoms with Crippen molar-refractivity contribution in [3.8, 4) is 10.6 Å². The molecule has 1 fully saturated rings. The molecule has 1 aliphatic rings. The van der Waals surface area contributed by atoms with Gasteiger partial charge in [-0.2, -0.15) is 5.10 Å². The summed E-state index contributed by atoms with van der Waals surface area (Å²) < 4.78 is 35.2. The number of amides is 1. The normalized spacial score (nSPS) is 21.6. The lowest BCUT2D eigenvalue weighted by atomic mass is 10.0. The van der Waals surface area contributed by atoms with Crippen LogP contribution in [0.3, 0.4) is 0 Å². The first-order valence-electron chi connectivity index (χ1n) is 9.55. The Labute approximate surface area is 180 Å². The highest BCUT2D eigenvalue weighted by Crippen LogP contribution is 2.34. The van der Waals surface area contributed by atoms with Crippen LogP contribution in [0.25, 0.3) is 10.6 Å². The van der Waals surface area contributed by atoms with Gasteiger partial charge in [0.1, 0.15) is 22.3 Å². The van der Waals surface area contributed by atoms with E-state index in [1.165, 1.54) is 18.5 Å². The van der Waals surface area contributed by atoms with Crippen molar-refractivity contribution in [3.05, 3.63) is 41.9 Å². The summed E-state index contributed by atoms with van der Waals surface area (Å²) in [6.45, 7) is -0.135. The summed E-state index contributed by atoms with van der Waals surface area (Å²) in [5.41, 5.74) is 12.9. The second-order valence-electron chi connectivity index (χ2n) is 7.19. The van der Waals surface area contributed by atoms with Gasteiger partial charge in [-0.3, -0.25) is 14.5 Å². The van der Waals surface area contributed by atoms with Crippen LogP contribution in [-0.2, 0) is 11.8 Å². The number of alkyl halides is 1. The molecule has 12 heteroatoms. The van der Waals surface area contributed by atoms with E-state index in [4.69, 9.17) is 16.2 Å². The Kier molecular flexibility index (Phi) is 5.94. The van der Waals surface area contributed by atoms with Crippen LogP contribution >= 0.6 is 11.3 Å². The Hall–Kier alpha value is -2.96. The van der Waals surface area contributed by atoms with Crippen molar-refractivity contribution < 1.29 is 18.3 Å². The first-order chi connectivity index (χ1) is 14.8. The van der Waals surface area contributed by atoms with Crippen molar-refractivity contribution in [2.75, 3.05) is 17.7 Å². The predicted octanol–water partition coefficient (Wildman–Crippen LogP) is 2.43. The van der Waals surface area contributed by atoms with Crippen molar-refractivity contribution in [2.45, 2.75) is 31.2 Å². The summed E-state index contributed by atoms with van der Waals surface area (Å²) >= 11 is 0.998. The van der Waals surface area contributed by atoms with Crippen LogP contribution in [0.4, 0.5) is 19.5 Å². The summed E-state index contributed by atoms with van der Waals surface area (Å²) in [6.07, 6.45) is 3.15. The Morgan fingerprint density at radius 1 is 1.39 bits per heavy atom. The average molecular weight is 449 g/mol. The van der Waals surface area contributed by atoms with E-state index in [9.17, 15) is 13.6 Å². The third-order valence-corrected chi connectivity index (χ3v) is 6.01. The lowest BCUT2D eigenvalue weighted by Gasteiger charge is -2.17. The quantitative estimate of drug-likeness (QED) is 0.557. The van der Waals surface area contributed by atoms with E-state index in [1.54, 1.807) is 11.7 Å². The third kappa shape index (κ3) is 4.27. The molecule has 0 saturated carbocycles. The van der Waals surface area contributed by atoms with Crippen molar-refractivity contribution in [3.63, 3.8) is 0 Å². The second-order valence-corrected chi connectivity index (χ2v) is 8.22. The number of nitrogens with one attached hydrogen (secondary N) is 1. The molecule has 0 bridgehead atoms. The monoisotopic (exact) mass is 449 g/mol. The zero-order valence-corrected chi connectivity index (χ0v) is 17.4. The molecule has 3 atom stereocenters. The molecular formula is C19H21F2N7O2S. The summed E-state index contributed by atoms with van der Waals surface area (Å²) in [7, 11) is 1.70. The fourth-order valence-electron chi connectivity index (χ4n) is 3.42. The number of carbonyl (C=O) groups excluding carboxylic acids is 1. The number of anilines is 2. The van der Waals surface area contributed by atoms with Crippen LogP contribution in [-0.4, -0.2) is 44.5 Å². The van der Waals surface area contributed by atoms with Gasteiger partial charge in [-0.05, 0) is 18.9 Å². The van der Waals surface area contributed by atoms with Gasteiger partial charge in [0.05, 0.1) is 30.4 Å². The molecule has 0 unspecified atom stereocenters. The van der Waals surface area contributed by atoms with E-state index >= 15 is 0 Å². The molecule has 0 radical (unpaired) electrons. The summed E-state index contributed by atoms with van der Waals surface area (Å²) in [6, 6.07) is 0.860. The molecule has 1 saturated heterocycles. The van der Waals surface area contributed by atoms with Gasteiger partial charge in [-0.1, -0.05) is 11.3 Å². The maximum absolute atomic E-state index is 14.0. The Morgan fingerprint density at radius 3 is 2.97 bits per heavy atom. The topological polar surface area (TPSA) is 134 Å². The molecule has 3 aromatic heterocycles. The molecule has 5 N–H and O–H groups in total. The summed E-state index contributed by atoms with van der Waals surface area (Å²) in [4.78, 5) is 20.8. The van der Waals surface area contributed by atoms with Crippen molar-refractivity contribution >= 4 is 27.9 Å². The van der Waals surface area contributed by atoms with E-state index in [0.717, 1.165) is 17.5 Å². The number of pyridine rings is 1. The molecular weight excluding hydrogens is 428 g/mol. The van der Waals surface area contributed by atoms with E-state index in [0.29, 0.717) is 24.2 Å². The van der Waals surface area contributed by atoms with Gasteiger partial charge < -0.3 is 21.5 Å². The lowest BCUT2D eigenvalue weighted by Crippen LogP contribution is -2.32. The molecule has 3 aromatic rings. The SMILES string of the molecule is Cn1ncc(NC(=O)c2nc(-c3ccncc3F)sc2N)c1[C@@H]1CC[C@@H](N)[C@@H](F)CO1. The van der Waals surface area contributed by atoms with Crippen LogP contribution < -0.4 is 16.8 Å². The number of halogens is 2. The Bertz CT molecular complexity index is 1090. The molecule has 4 heterocycles. The number of rotatable bonds is 4. The highest BCUT2D eigenvalue weighted by Gasteiger charge is 2.30. The van der Waals surface area contributed by atoms with Gasteiger partial charge in [-0.25, -0.2) is 13.8 Å². The van der Waals surface area contributed by atoms with Crippen LogP contribution in [0.2, 0.25) is 0 Å². The number of nitrogens with two attached hydrogens (primary N) is 2. The van der Waals surface area contributed by atoms with Gasteiger partial charge in [0.15, 0.2) is 11.5 Å². The number of thiazole rings is 1. The minimum absolute atomic E-state index is 0.0290. The van der Waals surface area contributed by atoms with Crippen LogP contribution in [0, 0.1) is 5.82 Å². The molecule has 0 aromatic carbocycles. The number of hydrogen-bond donors (Lipinski definition) is 3. The van der Waals surface area contributed by atoms with E-state index in [2.05, 4.69) is 20.4 Å². The molecule has 1 amide bonds. The van der Waals surface area contributed by atoms with E-state index in [1.807, 2.05) is 0 Å². The van der Waals surface area contributed by atoms with Crippen LogP contribution in [0.5, 0.6) is 0 Å². The van der Waals surface area contributed by atoms with Gasteiger partial charge >= 0.3 is 0 Å². The number of nitrogen functional groups attached to an aromatic ring is 1. The predicted molar refractivity (Wildman–Crippen MR) is 112 cm³/mol. The molecule has 9 nitrogen and oxygen atoms in total. The van der Waals surface area contributed by atoms with Crippen molar-refractivity contribution in [1.82, 2.24) is 19.7 Å². The smallest absolute Gasteiger partial charge is 0.277 e.